The molecule has 1 aliphatic heterocycles. The van der Waals surface area contributed by atoms with Gasteiger partial charge in [0.05, 0.1) is 34.5 Å². The van der Waals surface area contributed by atoms with Crippen molar-refractivity contribution in [3.05, 3.63) is 65.7 Å². The number of rotatable bonds is 9. The molecule has 8 heteroatoms. The minimum Gasteiger partial charge on any atom is -0.497 e. The zero-order valence-corrected chi connectivity index (χ0v) is 22.6. The van der Waals surface area contributed by atoms with E-state index in [1.165, 1.54) is 0 Å². The molecule has 0 aliphatic carbocycles. The molecule has 0 aromatic heterocycles. The molecule has 1 saturated heterocycles. The van der Waals surface area contributed by atoms with Crippen LogP contribution in [0.15, 0.2) is 54.6 Å². The molecule has 1 heterocycles. The van der Waals surface area contributed by atoms with Gasteiger partial charge in [-0.3, -0.25) is 9.69 Å². The summed E-state index contributed by atoms with van der Waals surface area (Å²) in [4.78, 5) is 16.9. The Kier molecular flexibility index (Phi) is 8.76. The molecule has 1 N–H and O–H groups in total. The van der Waals surface area contributed by atoms with Crippen molar-refractivity contribution in [3.8, 4) is 23.0 Å². The van der Waals surface area contributed by atoms with E-state index in [1.54, 1.807) is 52.7 Å². The van der Waals surface area contributed by atoms with E-state index >= 15 is 0 Å². The Balaban J connectivity index is 1.36. The average molecular weight is 521 g/mol. The van der Waals surface area contributed by atoms with Crippen LogP contribution in [0.2, 0.25) is 0 Å². The molecule has 3 aromatic rings. The summed E-state index contributed by atoms with van der Waals surface area (Å²) in [6.45, 7) is 4.59. The first kappa shape index (κ1) is 27.3. The van der Waals surface area contributed by atoms with Gasteiger partial charge in [-0.05, 0) is 65.2 Å². The molecular formula is C30H36N2O6. The van der Waals surface area contributed by atoms with E-state index in [9.17, 15) is 9.90 Å². The van der Waals surface area contributed by atoms with E-state index < -0.39 is 6.10 Å². The van der Waals surface area contributed by atoms with Gasteiger partial charge in [-0.1, -0.05) is 18.2 Å². The van der Waals surface area contributed by atoms with Gasteiger partial charge in [0, 0.05) is 38.3 Å². The number of aliphatic hydroxyl groups excluding tert-OH is 1. The second-order valence-electron chi connectivity index (χ2n) is 9.31. The number of benzene rings is 3. The highest BCUT2D eigenvalue weighted by atomic mass is 16.5. The maximum atomic E-state index is 12.9. The van der Waals surface area contributed by atoms with Gasteiger partial charge in [-0.25, -0.2) is 0 Å². The quantitative estimate of drug-likeness (QED) is 0.425. The van der Waals surface area contributed by atoms with Crippen LogP contribution in [0.4, 0.5) is 0 Å². The number of carbonyl (C=O) groups is 1. The lowest BCUT2D eigenvalue weighted by molar-refractivity contribution is -0.128. The number of nitrogens with zero attached hydrogens (tertiary/aromatic N) is 2. The molecule has 1 fully saturated rings. The first-order valence-corrected chi connectivity index (χ1v) is 12.6. The number of amides is 1. The molecule has 1 aliphatic rings. The third-order valence-corrected chi connectivity index (χ3v) is 7.18. The molecule has 0 saturated carbocycles. The van der Waals surface area contributed by atoms with Crippen LogP contribution in [0.1, 0.15) is 24.2 Å². The highest BCUT2D eigenvalue weighted by molar-refractivity contribution is 5.92. The normalized spacial score (nSPS) is 15.9. The van der Waals surface area contributed by atoms with Crippen molar-refractivity contribution in [2.45, 2.75) is 19.1 Å². The van der Waals surface area contributed by atoms with Crippen molar-refractivity contribution >= 4 is 22.8 Å². The Hall–Kier alpha value is -3.75. The lowest BCUT2D eigenvalue weighted by Gasteiger charge is -2.39. The summed E-state index contributed by atoms with van der Waals surface area (Å²) in [6.07, 6.45) is 2.68. The Labute approximate surface area is 224 Å². The van der Waals surface area contributed by atoms with Crippen molar-refractivity contribution in [3.63, 3.8) is 0 Å². The number of fused-ring (bicyclic) bond motifs is 1. The fraction of sp³-hybridized carbons (Fsp3) is 0.367. The molecule has 0 bridgehead atoms. The first-order chi connectivity index (χ1) is 18.4. The van der Waals surface area contributed by atoms with E-state index in [1.807, 2.05) is 48.2 Å². The zero-order valence-electron chi connectivity index (χ0n) is 22.6. The SMILES string of the molecule is COc1ccc2cc(C(O)C(C)N3CCN(C(=O)C=Cc4cc(OC)c(OC)c(OC)c4)CC3)ccc2c1. The maximum Gasteiger partial charge on any atom is 0.246 e. The summed E-state index contributed by atoms with van der Waals surface area (Å²) >= 11 is 0. The van der Waals surface area contributed by atoms with Crippen LogP contribution in [0.25, 0.3) is 16.8 Å². The molecule has 0 spiro atoms. The number of hydrogen-bond donors (Lipinski definition) is 1. The topological polar surface area (TPSA) is 80.7 Å². The van der Waals surface area contributed by atoms with Gasteiger partial charge in [0.2, 0.25) is 11.7 Å². The minimum absolute atomic E-state index is 0.0587. The predicted octanol–water partition coefficient (Wildman–Crippen LogP) is 4.15. The highest BCUT2D eigenvalue weighted by Gasteiger charge is 2.28. The van der Waals surface area contributed by atoms with Crippen molar-refractivity contribution in [2.24, 2.45) is 0 Å². The largest absolute Gasteiger partial charge is 0.497 e. The summed E-state index contributed by atoms with van der Waals surface area (Å²) in [7, 11) is 6.33. The summed E-state index contributed by atoms with van der Waals surface area (Å²) in [5, 5.41) is 13.3. The number of piperazine rings is 1. The second-order valence-corrected chi connectivity index (χ2v) is 9.31. The highest BCUT2D eigenvalue weighted by Crippen LogP contribution is 2.38. The first-order valence-electron chi connectivity index (χ1n) is 12.6. The lowest BCUT2D eigenvalue weighted by atomic mass is 9.98. The van der Waals surface area contributed by atoms with Crippen LogP contribution in [0.5, 0.6) is 23.0 Å². The van der Waals surface area contributed by atoms with E-state index in [2.05, 4.69) is 4.90 Å². The van der Waals surface area contributed by atoms with Crippen LogP contribution in [-0.4, -0.2) is 81.5 Å². The fourth-order valence-electron chi connectivity index (χ4n) is 4.85. The number of carbonyl (C=O) groups excluding carboxylic acids is 1. The molecule has 4 rings (SSSR count). The average Bonchev–Trinajstić information content (AvgIpc) is 2.97. The second kappa shape index (κ2) is 12.2. The molecule has 202 valence electrons. The van der Waals surface area contributed by atoms with Crippen molar-refractivity contribution in [2.75, 3.05) is 54.6 Å². The van der Waals surface area contributed by atoms with Gasteiger partial charge in [0.1, 0.15) is 5.75 Å². The Morgan fingerprint density at radius 3 is 2.08 bits per heavy atom. The van der Waals surface area contributed by atoms with Crippen molar-refractivity contribution in [1.82, 2.24) is 9.80 Å². The molecule has 3 aromatic carbocycles. The van der Waals surface area contributed by atoms with Gasteiger partial charge in [-0.2, -0.15) is 0 Å². The molecule has 8 nitrogen and oxygen atoms in total. The summed E-state index contributed by atoms with van der Waals surface area (Å²) in [6, 6.07) is 15.4. The standard InChI is InChI=1S/C30H36N2O6/c1-20(29(34)24-8-7-23-19-25(35-2)10-9-22(23)18-24)31-12-14-32(15-13-31)28(33)11-6-21-16-26(36-3)30(38-5)27(17-21)37-4/h6-11,16-20,29,34H,12-15H2,1-5H3. The van der Waals surface area contributed by atoms with Gasteiger partial charge in [-0.15, -0.1) is 0 Å². The molecule has 2 unspecified atom stereocenters. The number of aliphatic hydroxyl groups is 1. The summed E-state index contributed by atoms with van der Waals surface area (Å²) < 4.78 is 21.5. The maximum absolute atomic E-state index is 12.9. The number of ether oxygens (including phenoxy) is 4. The minimum atomic E-state index is -0.635. The Bertz CT molecular complexity index is 1270. The molecule has 1 amide bonds. The summed E-state index contributed by atoms with van der Waals surface area (Å²) in [5.74, 6) is 2.33. The Morgan fingerprint density at radius 1 is 0.842 bits per heavy atom. The van der Waals surface area contributed by atoms with E-state index in [4.69, 9.17) is 18.9 Å². The number of hydrogen-bond acceptors (Lipinski definition) is 7. The van der Waals surface area contributed by atoms with Crippen LogP contribution >= 0.6 is 0 Å². The van der Waals surface area contributed by atoms with E-state index in [0.717, 1.165) is 27.6 Å². The molecule has 38 heavy (non-hydrogen) atoms. The fourth-order valence-corrected chi connectivity index (χ4v) is 4.85. The summed E-state index contributed by atoms with van der Waals surface area (Å²) in [5.41, 5.74) is 1.65. The van der Waals surface area contributed by atoms with E-state index in [-0.39, 0.29) is 11.9 Å². The van der Waals surface area contributed by atoms with Crippen LogP contribution in [-0.2, 0) is 4.79 Å². The molecular weight excluding hydrogens is 484 g/mol. The molecule has 2 atom stereocenters. The lowest BCUT2D eigenvalue weighted by Crippen LogP contribution is -2.52. The third kappa shape index (κ3) is 5.87. The zero-order chi connectivity index (χ0) is 27.2. The molecule has 0 radical (unpaired) electrons. The van der Waals surface area contributed by atoms with Crippen LogP contribution in [0, 0.1) is 0 Å². The third-order valence-electron chi connectivity index (χ3n) is 7.18. The smallest absolute Gasteiger partial charge is 0.246 e. The number of methoxy groups -OCH3 is 4. The van der Waals surface area contributed by atoms with Crippen LogP contribution < -0.4 is 18.9 Å². The Morgan fingerprint density at radius 2 is 1.47 bits per heavy atom. The predicted molar refractivity (Wildman–Crippen MR) is 148 cm³/mol. The van der Waals surface area contributed by atoms with E-state index in [0.29, 0.717) is 43.4 Å². The van der Waals surface area contributed by atoms with Gasteiger partial charge in [0.15, 0.2) is 11.5 Å². The van der Waals surface area contributed by atoms with Crippen molar-refractivity contribution < 1.29 is 28.8 Å². The van der Waals surface area contributed by atoms with Crippen molar-refractivity contribution in [1.29, 1.82) is 0 Å². The van der Waals surface area contributed by atoms with Crippen LogP contribution in [0.3, 0.4) is 0 Å². The monoisotopic (exact) mass is 520 g/mol. The van der Waals surface area contributed by atoms with Gasteiger partial charge in [0.25, 0.3) is 0 Å². The van der Waals surface area contributed by atoms with Gasteiger partial charge >= 0.3 is 0 Å². The van der Waals surface area contributed by atoms with Gasteiger partial charge < -0.3 is 29.0 Å².